The summed E-state index contributed by atoms with van der Waals surface area (Å²) < 4.78 is 0. The first-order valence-corrected chi connectivity index (χ1v) is 6.99. The maximum absolute atomic E-state index is 12.1. The largest absolute Gasteiger partial charge is 0.344 e. The number of fused-ring (bicyclic) bond motifs is 1. The lowest BCUT2D eigenvalue weighted by Crippen LogP contribution is -2.44. The number of aromatic nitrogens is 2. The van der Waals surface area contributed by atoms with Crippen molar-refractivity contribution in [3.05, 3.63) is 38.9 Å². The second-order valence-corrected chi connectivity index (χ2v) is 4.93. The topological polar surface area (TPSA) is 124 Å². The van der Waals surface area contributed by atoms with Gasteiger partial charge in [-0.15, -0.1) is 0 Å². The molecule has 0 bridgehead atoms. The first kappa shape index (κ1) is 15.8. The number of anilines is 1. The van der Waals surface area contributed by atoms with E-state index in [4.69, 9.17) is 0 Å². The van der Waals surface area contributed by atoms with Crippen LogP contribution in [0, 0.1) is 0 Å². The Kier molecular flexibility index (Phi) is 4.66. The molecule has 0 saturated heterocycles. The lowest BCUT2D eigenvalue weighted by Gasteiger charge is -2.16. The van der Waals surface area contributed by atoms with Crippen LogP contribution in [0.2, 0.25) is 0 Å². The number of H-pyrrole nitrogens is 2. The van der Waals surface area contributed by atoms with Gasteiger partial charge in [-0.3, -0.25) is 29.4 Å². The van der Waals surface area contributed by atoms with E-state index in [9.17, 15) is 19.2 Å². The van der Waals surface area contributed by atoms with E-state index in [0.29, 0.717) is 0 Å². The number of benzene rings is 1. The fourth-order valence-corrected chi connectivity index (χ4v) is 2.25. The van der Waals surface area contributed by atoms with Gasteiger partial charge in [0, 0.05) is 12.7 Å². The SMILES string of the molecule is CC(=O)NC(CS)C(=O)Nc1cccc2c(=O)[nH][nH]c(=O)c12. The maximum atomic E-state index is 12.1. The smallest absolute Gasteiger partial charge is 0.272 e. The van der Waals surface area contributed by atoms with Gasteiger partial charge in [0.1, 0.15) is 6.04 Å². The minimum absolute atomic E-state index is 0.0698. The summed E-state index contributed by atoms with van der Waals surface area (Å²) in [6.45, 7) is 1.28. The summed E-state index contributed by atoms with van der Waals surface area (Å²) in [4.78, 5) is 46.8. The molecule has 1 aromatic carbocycles. The third-order valence-corrected chi connectivity index (χ3v) is 3.33. The van der Waals surface area contributed by atoms with Gasteiger partial charge >= 0.3 is 0 Å². The Hall–Kier alpha value is -2.55. The monoisotopic (exact) mass is 322 g/mol. The van der Waals surface area contributed by atoms with Crippen LogP contribution in [0.25, 0.3) is 10.8 Å². The van der Waals surface area contributed by atoms with Gasteiger partial charge in [0.25, 0.3) is 11.1 Å². The van der Waals surface area contributed by atoms with Gasteiger partial charge in [-0.2, -0.15) is 12.6 Å². The molecule has 116 valence electrons. The van der Waals surface area contributed by atoms with E-state index in [1.807, 2.05) is 0 Å². The number of carbonyl (C=O) groups excluding carboxylic acids is 2. The molecule has 0 aliphatic carbocycles. The Bertz CT molecular complexity index is 842. The van der Waals surface area contributed by atoms with Gasteiger partial charge in [0.2, 0.25) is 11.8 Å². The molecule has 1 atom stereocenters. The van der Waals surface area contributed by atoms with Gasteiger partial charge in [-0.1, -0.05) is 6.07 Å². The third-order valence-electron chi connectivity index (χ3n) is 2.96. The Morgan fingerprint density at radius 1 is 1.23 bits per heavy atom. The van der Waals surface area contributed by atoms with Crippen LogP contribution in [-0.4, -0.2) is 33.8 Å². The highest BCUT2D eigenvalue weighted by atomic mass is 32.1. The Balaban J connectivity index is 2.42. The molecule has 1 aromatic heterocycles. The Morgan fingerprint density at radius 2 is 1.91 bits per heavy atom. The van der Waals surface area contributed by atoms with Crippen LogP contribution in [0.3, 0.4) is 0 Å². The molecule has 0 spiro atoms. The molecule has 0 radical (unpaired) electrons. The number of thiol groups is 1. The zero-order valence-electron chi connectivity index (χ0n) is 11.6. The number of aromatic amines is 2. The van der Waals surface area contributed by atoms with Crippen molar-refractivity contribution < 1.29 is 9.59 Å². The third kappa shape index (κ3) is 3.19. The van der Waals surface area contributed by atoms with Crippen LogP contribution in [0.15, 0.2) is 27.8 Å². The van der Waals surface area contributed by atoms with Gasteiger partial charge in [0.05, 0.1) is 16.5 Å². The number of nitrogens with one attached hydrogen (secondary N) is 4. The van der Waals surface area contributed by atoms with Crippen molar-refractivity contribution >= 4 is 40.9 Å². The van der Waals surface area contributed by atoms with Crippen LogP contribution in [-0.2, 0) is 9.59 Å². The maximum Gasteiger partial charge on any atom is 0.272 e. The van der Waals surface area contributed by atoms with Crippen molar-refractivity contribution in [1.29, 1.82) is 0 Å². The molecule has 4 N–H and O–H groups in total. The second kappa shape index (κ2) is 6.48. The molecule has 0 fully saturated rings. The highest BCUT2D eigenvalue weighted by Crippen LogP contribution is 2.17. The summed E-state index contributed by atoms with van der Waals surface area (Å²) in [7, 11) is 0. The number of rotatable bonds is 4. The average molecular weight is 322 g/mol. The Labute approximate surface area is 129 Å². The quantitative estimate of drug-likeness (QED) is 0.491. The molecular formula is C13H14N4O4S. The summed E-state index contributed by atoms with van der Waals surface area (Å²) in [5.74, 6) is -0.813. The summed E-state index contributed by atoms with van der Waals surface area (Å²) in [6.07, 6.45) is 0. The fraction of sp³-hybridized carbons (Fsp3) is 0.231. The van der Waals surface area contributed by atoms with E-state index < -0.39 is 23.1 Å². The van der Waals surface area contributed by atoms with Crippen LogP contribution < -0.4 is 21.8 Å². The van der Waals surface area contributed by atoms with E-state index in [1.165, 1.54) is 19.1 Å². The zero-order valence-corrected chi connectivity index (χ0v) is 12.5. The average Bonchev–Trinajstić information content (AvgIpc) is 2.48. The van der Waals surface area contributed by atoms with Gasteiger partial charge in [-0.25, -0.2) is 0 Å². The van der Waals surface area contributed by atoms with Crippen LogP contribution in [0.4, 0.5) is 5.69 Å². The molecule has 2 amide bonds. The van der Waals surface area contributed by atoms with E-state index in [2.05, 4.69) is 33.5 Å². The normalized spacial score (nSPS) is 11.9. The zero-order chi connectivity index (χ0) is 16.3. The molecule has 8 nitrogen and oxygen atoms in total. The van der Waals surface area contributed by atoms with E-state index in [-0.39, 0.29) is 28.1 Å². The lowest BCUT2D eigenvalue weighted by atomic mass is 10.1. The van der Waals surface area contributed by atoms with Crippen LogP contribution >= 0.6 is 12.6 Å². The molecule has 2 aromatic rings. The molecule has 1 unspecified atom stereocenters. The molecule has 22 heavy (non-hydrogen) atoms. The van der Waals surface area contributed by atoms with Crippen LogP contribution in [0.1, 0.15) is 6.92 Å². The van der Waals surface area contributed by atoms with Crippen molar-refractivity contribution in [3.8, 4) is 0 Å². The summed E-state index contributed by atoms with van der Waals surface area (Å²) >= 11 is 4.01. The van der Waals surface area contributed by atoms with Crippen molar-refractivity contribution in [1.82, 2.24) is 15.5 Å². The van der Waals surface area contributed by atoms with Crippen LogP contribution in [0.5, 0.6) is 0 Å². The van der Waals surface area contributed by atoms with Gasteiger partial charge < -0.3 is 10.6 Å². The Morgan fingerprint density at radius 3 is 2.55 bits per heavy atom. The van der Waals surface area contributed by atoms with Gasteiger partial charge in [0.15, 0.2) is 0 Å². The molecule has 1 heterocycles. The first-order valence-electron chi connectivity index (χ1n) is 6.36. The molecule has 0 saturated carbocycles. The number of hydrogen-bond donors (Lipinski definition) is 5. The standard InChI is InChI=1S/C13H14N4O4S/c1-6(18)14-9(5-22)12(20)15-8-4-2-3-7-10(8)13(21)17-16-11(7)19/h2-4,9,22H,5H2,1H3,(H,14,18)(H,15,20)(H,16,19)(H,17,21). The highest BCUT2D eigenvalue weighted by Gasteiger charge is 2.19. The van der Waals surface area contributed by atoms with Gasteiger partial charge in [-0.05, 0) is 12.1 Å². The molecule has 9 heteroatoms. The van der Waals surface area contributed by atoms with Crippen molar-refractivity contribution in [2.75, 3.05) is 11.1 Å². The number of hydrogen-bond acceptors (Lipinski definition) is 5. The van der Waals surface area contributed by atoms with Crippen molar-refractivity contribution in [2.24, 2.45) is 0 Å². The fourth-order valence-electron chi connectivity index (χ4n) is 1.99. The summed E-state index contributed by atoms with van der Waals surface area (Å²) in [6, 6.07) is 3.67. The molecular weight excluding hydrogens is 308 g/mol. The molecule has 0 aliphatic rings. The minimum atomic E-state index is -0.850. The molecule has 0 aliphatic heterocycles. The predicted molar refractivity (Wildman–Crippen MR) is 85.3 cm³/mol. The first-order chi connectivity index (χ1) is 10.4. The summed E-state index contributed by atoms with van der Waals surface area (Å²) in [5, 5.41) is 9.61. The number of amides is 2. The highest BCUT2D eigenvalue weighted by molar-refractivity contribution is 7.80. The van der Waals surface area contributed by atoms with E-state index in [0.717, 1.165) is 0 Å². The van der Waals surface area contributed by atoms with Crippen molar-refractivity contribution in [2.45, 2.75) is 13.0 Å². The van der Waals surface area contributed by atoms with Crippen molar-refractivity contribution in [3.63, 3.8) is 0 Å². The molecule has 2 rings (SSSR count). The second-order valence-electron chi connectivity index (χ2n) is 4.56. The predicted octanol–water partition coefficient (Wildman–Crippen LogP) is -0.411. The minimum Gasteiger partial charge on any atom is -0.344 e. The van der Waals surface area contributed by atoms with E-state index in [1.54, 1.807) is 6.07 Å². The van der Waals surface area contributed by atoms with E-state index >= 15 is 0 Å². The summed E-state index contributed by atoms with van der Waals surface area (Å²) in [5.41, 5.74) is -0.822. The lowest BCUT2D eigenvalue weighted by molar-refractivity contribution is -0.124. The number of carbonyl (C=O) groups is 2.